The number of anilines is 1. The molecule has 0 aliphatic carbocycles. The van der Waals surface area contributed by atoms with Crippen LogP contribution in [0.15, 0.2) is 48.5 Å². The fourth-order valence-electron chi connectivity index (χ4n) is 2.11. The molecule has 0 heterocycles. The Kier molecular flexibility index (Phi) is 7.03. The zero-order valence-corrected chi connectivity index (χ0v) is 14.8. The highest BCUT2D eigenvalue weighted by atomic mass is 16.6. The van der Waals surface area contributed by atoms with Gasteiger partial charge in [-0.2, -0.15) is 0 Å². The molecule has 2 rings (SSSR count). The Morgan fingerprint density at radius 1 is 1.11 bits per heavy atom. The van der Waals surface area contributed by atoms with Crippen LogP contribution in [-0.2, 0) is 14.3 Å². The average Bonchev–Trinajstić information content (AvgIpc) is 2.70. The number of amides is 2. The summed E-state index contributed by atoms with van der Waals surface area (Å²) < 4.78 is 9.81. The van der Waals surface area contributed by atoms with Gasteiger partial charge >= 0.3 is 5.97 Å². The van der Waals surface area contributed by atoms with Crippen LogP contribution < -0.4 is 15.4 Å². The monoisotopic (exact) mass is 387 g/mol. The summed E-state index contributed by atoms with van der Waals surface area (Å²) >= 11 is 0. The van der Waals surface area contributed by atoms with Crippen LogP contribution in [0.1, 0.15) is 10.4 Å². The summed E-state index contributed by atoms with van der Waals surface area (Å²) in [6.45, 7) is -1.03. The lowest BCUT2D eigenvalue weighted by molar-refractivity contribution is -0.384. The first-order chi connectivity index (χ1) is 13.4. The van der Waals surface area contributed by atoms with Crippen molar-refractivity contribution in [1.82, 2.24) is 5.32 Å². The number of ether oxygens (including phenoxy) is 2. The third-order valence-electron chi connectivity index (χ3n) is 3.43. The van der Waals surface area contributed by atoms with E-state index in [9.17, 15) is 24.5 Å². The second-order valence-corrected chi connectivity index (χ2v) is 5.43. The molecule has 0 aromatic heterocycles. The van der Waals surface area contributed by atoms with Crippen LogP contribution in [0.3, 0.4) is 0 Å². The first kappa shape index (κ1) is 20.4. The Morgan fingerprint density at radius 2 is 1.86 bits per heavy atom. The fourth-order valence-corrected chi connectivity index (χ4v) is 2.11. The van der Waals surface area contributed by atoms with Gasteiger partial charge in [-0.05, 0) is 18.2 Å². The van der Waals surface area contributed by atoms with Crippen LogP contribution in [0, 0.1) is 10.1 Å². The highest BCUT2D eigenvalue weighted by Gasteiger charge is 2.14. The SMILES string of the molecule is COc1cccc(NC(=O)COC(=O)CNC(=O)c2cccc([N+](=O)[O-])c2)c1. The van der Waals surface area contributed by atoms with Crippen LogP contribution in [-0.4, -0.2) is 43.0 Å². The molecule has 0 bridgehead atoms. The summed E-state index contributed by atoms with van der Waals surface area (Å²) in [5.74, 6) is -1.52. The normalized spacial score (nSPS) is 9.89. The molecular weight excluding hydrogens is 370 g/mol. The number of hydrogen-bond donors (Lipinski definition) is 2. The van der Waals surface area contributed by atoms with Gasteiger partial charge in [0, 0.05) is 29.4 Å². The minimum atomic E-state index is -0.834. The maximum Gasteiger partial charge on any atom is 0.325 e. The van der Waals surface area contributed by atoms with Gasteiger partial charge in [0.25, 0.3) is 17.5 Å². The quantitative estimate of drug-likeness (QED) is 0.398. The highest BCUT2D eigenvalue weighted by Crippen LogP contribution is 2.16. The second-order valence-electron chi connectivity index (χ2n) is 5.43. The van der Waals surface area contributed by atoms with Crippen molar-refractivity contribution in [3.8, 4) is 5.75 Å². The zero-order valence-electron chi connectivity index (χ0n) is 14.8. The molecule has 146 valence electrons. The van der Waals surface area contributed by atoms with Gasteiger partial charge in [0.1, 0.15) is 12.3 Å². The number of nitrogens with zero attached hydrogens (tertiary/aromatic N) is 1. The Labute approximate surface area is 159 Å². The molecule has 0 radical (unpaired) electrons. The van der Waals surface area contributed by atoms with Crippen LogP contribution in [0.4, 0.5) is 11.4 Å². The number of esters is 1. The molecule has 28 heavy (non-hydrogen) atoms. The van der Waals surface area contributed by atoms with Crippen LogP contribution >= 0.6 is 0 Å². The van der Waals surface area contributed by atoms with E-state index in [4.69, 9.17) is 9.47 Å². The molecule has 0 saturated carbocycles. The molecule has 0 saturated heterocycles. The summed E-state index contributed by atoms with van der Waals surface area (Å²) in [6, 6.07) is 11.7. The number of non-ortho nitro benzene ring substituents is 1. The molecule has 2 aromatic carbocycles. The number of nitrogens with one attached hydrogen (secondary N) is 2. The number of methoxy groups -OCH3 is 1. The lowest BCUT2D eigenvalue weighted by atomic mass is 10.2. The van der Waals surface area contributed by atoms with Gasteiger partial charge in [-0.3, -0.25) is 24.5 Å². The van der Waals surface area contributed by atoms with Gasteiger partial charge in [0.2, 0.25) is 0 Å². The van der Waals surface area contributed by atoms with Crippen molar-refractivity contribution in [2.24, 2.45) is 0 Å². The van der Waals surface area contributed by atoms with Gasteiger partial charge in [0.05, 0.1) is 12.0 Å². The molecule has 2 amide bonds. The molecule has 0 atom stereocenters. The van der Waals surface area contributed by atoms with Crippen LogP contribution in [0.2, 0.25) is 0 Å². The van der Waals surface area contributed by atoms with E-state index in [1.54, 1.807) is 24.3 Å². The van der Waals surface area contributed by atoms with Gasteiger partial charge in [-0.25, -0.2) is 0 Å². The molecule has 0 spiro atoms. The van der Waals surface area contributed by atoms with E-state index in [1.807, 2.05) is 0 Å². The molecule has 2 N–H and O–H groups in total. The summed E-state index contributed by atoms with van der Waals surface area (Å²) in [5, 5.41) is 15.5. The van der Waals surface area contributed by atoms with Crippen molar-refractivity contribution in [2.45, 2.75) is 0 Å². The summed E-state index contributed by atoms with van der Waals surface area (Å²) in [4.78, 5) is 45.5. The molecule has 0 aliphatic heterocycles. The summed E-state index contributed by atoms with van der Waals surface area (Å²) in [5.41, 5.74) is 0.251. The van der Waals surface area contributed by atoms with Gasteiger partial charge in [0.15, 0.2) is 6.61 Å². The van der Waals surface area contributed by atoms with Gasteiger partial charge in [-0.1, -0.05) is 12.1 Å². The number of rotatable bonds is 8. The number of nitro groups is 1. The molecule has 10 heteroatoms. The Bertz CT molecular complexity index is 898. The lowest BCUT2D eigenvalue weighted by Gasteiger charge is -2.08. The molecule has 10 nitrogen and oxygen atoms in total. The fraction of sp³-hybridized carbons (Fsp3) is 0.167. The predicted molar refractivity (Wildman–Crippen MR) is 98.0 cm³/mol. The molecule has 0 fully saturated rings. The maximum atomic E-state index is 11.9. The number of carbonyl (C=O) groups excluding carboxylic acids is 3. The summed E-state index contributed by atoms with van der Waals surface area (Å²) in [7, 11) is 1.49. The van der Waals surface area contributed by atoms with E-state index in [1.165, 1.54) is 25.3 Å². The third-order valence-corrected chi connectivity index (χ3v) is 3.43. The highest BCUT2D eigenvalue weighted by molar-refractivity contribution is 5.97. The number of benzene rings is 2. The Balaban J connectivity index is 1.77. The van der Waals surface area contributed by atoms with Gasteiger partial charge in [-0.15, -0.1) is 0 Å². The third kappa shape index (κ3) is 6.09. The smallest absolute Gasteiger partial charge is 0.325 e. The Morgan fingerprint density at radius 3 is 2.57 bits per heavy atom. The second kappa shape index (κ2) is 9.67. The van der Waals surface area contributed by atoms with Crippen LogP contribution in [0.5, 0.6) is 5.75 Å². The standard InChI is InChI=1S/C18H17N3O7/c1-27-15-7-3-5-13(9-15)20-16(22)11-28-17(23)10-19-18(24)12-4-2-6-14(8-12)21(25)26/h2-9H,10-11H2,1H3,(H,19,24)(H,20,22). The number of nitro benzene ring substituents is 1. The zero-order chi connectivity index (χ0) is 20.5. The van der Waals surface area contributed by atoms with Crippen molar-refractivity contribution < 1.29 is 28.8 Å². The van der Waals surface area contributed by atoms with Crippen molar-refractivity contribution in [2.75, 3.05) is 25.6 Å². The van der Waals surface area contributed by atoms with Gasteiger partial charge < -0.3 is 20.1 Å². The van der Waals surface area contributed by atoms with Crippen molar-refractivity contribution in [1.29, 1.82) is 0 Å². The Hall–Kier alpha value is -3.95. The first-order valence-corrected chi connectivity index (χ1v) is 8.01. The van der Waals surface area contributed by atoms with E-state index in [-0.39, 0.29) is 11.3 Å². The topological polar surface area (TPSA) is 137 Å². The molecule has 0 aliphatic rings. The molecule has 0 unspecified atom stereocenters. The predicted octanol–water partition coefficient (Wildman–Crippen LogP) is 1.52. The number of hydrogen-bond acceptors (Lipinski definition) is 7. The van der Waals surface area contributed by atoms with E-state index in [0.29, 0.717) is 11.4 Å². The van der Waals surface area contributed by atoms with Crippen molar-refractivity contribution >= 4 is 29.2 Å². The first-order valence-electron chi connectivity index (χ1n) is 8.01. The number of carbonyl (C=O) groups is 3. The summed E-state index contributed by atoms with van der Waals surface area (Å²) in [6.07, 6.45) is 0. The molecular formula is C18H17N3O7. The lowest BCUT2D eigenvalue weighted by Crippen LogP contribution is -2.32. The van der Waals surface area contributed by atoms with Crippen molar-refractivity contribution in [3.05, 3.63) is 64.2 Å². The largest absolute Gasteiger partial charge is 0.497 e. The van der Waals surface area contributed by atoms with E-state index in [0.717, 1.165) is 6.07 Å². The van der Waals surface area contributed by atoms with E-state index >= 15 is 0 Å². The molecule has 2 aromatic rings. The average molecular weight is 387 g/mol. The maximum absolute atomic E-state index is 11.9. The van der Waals surface area contributed by atoms with E-state index in [2.05, 4.69) is 10.6 Å². The minimum absolute atomic E-state index is 0.0257. The van der Waals surface area contributed by atoms with Crippen molar-refractivity contribution in [3.63, 3.8) is 0 Å². The van der Waals surface area contributed by atoms with Crippen LogP contribution in [0.25, 0.3) is 0 Å². The van der Waals surface area contributed by atoms with E-state index < -0.39 is 35.9 Å². The minimum Gasteiger partial charge on any atom is -0.497 e.